The number of thiazole rings is 1. The number of benzene rings is 2. The first-order chi connectivity index (χ1) is 13.9. The maximum Gasteiger partial charge on any atom is 0.244 e. The Hall–Kier alpha value is -2.17. The van der Waals surface area contributed by atoms with Crippen LogP contribution in [-0.4, -0.2) is 11.7 Å². The Morgan fingerprint density at radius 2 is 1.21 bits per heavy atom. The average Bonchev–Trinajstić information content (AvgIpc) is 3.30. The molecule has 4 heteroatoms. The topological polar surface area (TPSA) is 12.9 Å². The van der Waals surface area contributed by atoms with Crippen LogP contribution < -0.4 is 16.4 Å². The van der Waals surface area contributed by atoms with Gasteiger partial charge in [0.2, 0.25) is 6.71 Å². The summed E-state index contributed by atoms with van der Waals surface area (Å²) in [5.74, 6) is 0. The Balaban J connectivity index is 2.05. The second-order valence-corrected chi connectivity index (χ2v) is 9.91. The summed E-state index contributed by atoms with van der Waals surface area (Å²) < 4.78 is 0. The van der Waals surface area contributed by atoms with Gasteiger partial charge in [-0.3, -0.25) is 0 Å². The van der Waals surface area contributed by atoms with Gasteiger partial charge in [-0.05, 0) is 52.4 Å². The van der Waals surface area contributed by atoms with E-state index in [4.69, 9.17) is 0 Å². The van der Waals surface area contributed by atoms with E-state index >= 15 is 0 Å². The first kappa shape index (κ1) is 20.1. The van der Waals surface area contributed by atoms with E-state index in [1.54, 1.807) is 22.7 Å². The number of hydrogen-bond donors (Lipinski definition) is 0. The maximum absolute atomic E-state index is 4.64. The van der Waals surface area contributed by atoms with Crippen LogP contribution >= 0.6 is 22.7 Å². The van der Waals surface area contributed by atoms with Crippen LogP contribution in [0.3, 0.4) is 0 Å². The minimum Gasteiger partial charge on any atom is -0.244 e. The van der Waals surface area contributed by atoms with E-state index in [-0.39, 0.29) is 6.71 Å². The number of thiophene rings is 1. The Kier molecular flexibility index (Phi) is 5.50. The minimum absolute atomic E-state index is 0.210. The number of aryl methyl sites for hydroxylation is 6. The van der Waals surface area contributed by atoms with Crippen LogP contribution in [0.25, 0.3) is 9.88 Å². The van der Waals surface area contributed by atoms with Crippen molar-refractivity contribution < 1.29 is 0 Å². The van der Waals surface area contributed by atoms with Gasteiger partial charge in [-0.1, -0.05) is 74.6 Å². The van der Waals surface area contributed by atoms with Gasteiger partial charge in [-0.25, -0.2) is 4.98 Å². The van der Waals surface area contributed by atoms with Gasteiger partial charge < -0.3 is 0 Å². The molecule has 0 N–H and O–H groups in total. The first-order valence-electron chi connectivity index (χ1n) is 9.99. The quantitative estimate of drug-likeness (QED) is 0.416. The van der Waals surface area contributed by atoms with Gasteiger partial charge in [0.1, 0.15) is 5.01 Å². The zero-order chi connectivity index (χ0) is 20.7. The minimum atomic E-state index is 0.210. The van der Waals surface area contributed by atoms with Crippen molar-refractivity contribution >= 4 is 45.8 Å². The van der Waals surface area contributed by atoms with Crippen molar-refractivity contribution in [1.29, 1.82) is 0 Å². The van der Waals surface area contributed by atoms with Crippen LogP contribution in [0, 0.1) is 41.5 Å². The van der Waals surface area contributed by atoms with Crippen LogP contribution in [0.1, 0.15) is 33.4 Å². The molecule has 0 atom stereocenters. The predicted molar refractivity (Wildman–Crippen MR) is 131 cm³/mol. The molecule has 29 heavy (non-hydrogen) atoms. The standard InChI is InChI=1S/C25H26BNS2/c1-15-11-17(3)22(18(4)12-15)26(23-19(5)13-16(2)14-20(23)6)21-7-9-28-24(21)25-27-8-10-29-25/h7-14H,1-6H3. The van der Waals surface area contributed by atoms with Gasteiger partial charge in [0.05, 0.1) is 4.88 Å². The molecule has 0 radical (unpaired) electrons. The van der Waals surface area contributed by atoms with Crippen molar-refractivity contribution in [2.24, 2.45) is 0 Å². The molecule has 0 fully saturated rings. The lowest BCUT2D eigenvalue weighted by atomic mass is 9.34. The molecule has 2 aromatic carbocycles. The molecule has 0 bridgehead atoms. The van der Waals surface area contributed by atoms with E-state index < -0.39 is 0 Å². The fourth-order valence-corrected chi connectivity index (χ4v) is 6.52. The Morgan fingerprint density at radius 1 is 0.690 bits per heavy atom. The number of nitrogens with zero attached hydrogens (tertiary/aromatic N) is 1. The molecule has 146 valence electrons. The fourth-order valence-electron chi connectivity index (χ4n) is 4.80. The molecule has 0 unspecified atom stereocenters. The van der Waals surface area contributed by atoms with Crippen LogP contribution in [0.4, 0.5) is 0 Å². The highest BCUT2D eigenvalue weighted by molar-refractivity contribution is 7.22. The molecule has 0 aliphatic carbocycles. The lowest BCUT2D eigenvalue weighted by Crippen LogP contribution is -2.56. The van der Waals surface area contributed by atoms with E-state index in [0.717, 1.165) is 5.01 Å². The van der Waals surface area contributed by atoms with Gasteiger partial charge in [0.25, 0.3) is 0 Å². The van der Waals surface area contributed by atoms with Gasteiger partial charge in [0, 0.05) is 11.6 Å². The third-order valence-electron chi connectivity index (χ3n) is 5.69. The van der Waals surface area contributed by atoms with Crippen molar-refractivity contribution in [2.45, 2.75) is 41.5 Å². The summed E-state index contributed by atoms with van der Waals surface area (Å²) >= 11 is 3.53. The van der Waals surface area contributed by atoms with E-state index in [0.29, 0.717) is 0 Å². The van der Waals surface area contributed by atoms with E-state index in [1.807, 2.05) is 6.20 Å². The second kappa shape index (κ2) is 7.93. The summed E-state index contributed by atoms with van der Waals surface area (Å²) in [7, 11) is 0. The molecule has 0 saturated heterocycles. The lowest BCUT2D eigenvalue weighted by molar-refractivity contribution is 1.34. The Bertz CT molecular complexity index is 1070. The first-order valence-corrected chi connectivity index (χ1v) is 11.8. The highest BCUT2D eigenvalue weighted by atomic mass is 32.1. The summed E-state index contributed by atoms with van der Waals surface area (Å²) in [5.41, 5.74) is 12.3. The zero-order valence-electron chi connectivity index (χ0n) is 18.0. The molecule has 0 saturated carbocycles. The SMILES string of the molecule is Cc1cc(C)c(B(c2ccsc2-c2nccs2)c2c(C)cc(C)cc2C)c(C)c1. The average molecular weight is 415 g/mol. The summed E-state index contributed by atoms with van der Waals surface area (Å²) in [6, 6.07) is 11.6. The van der Waals surface area contributed by atoms with Crippen molar-refractivity contribution in [3.8, 4) is 9.88 Å². The smallest absolute Gasteiger partial charge is 0.244 e. The third kappa shape index (κ3) is 3.72. The Labute approximate surface area is 182 Å². The van der Waals surface area contributed by atoms with Crippen molar-refractivity contribution in [3.05, 3.63) is 80.7 Å². The largest absolute Gasteiger partial charge is 0.244 e. The van der Waals surface area contributed by atoms with Crippen LogP contribution in [0.5, 0.6) is 0 Å². The molecule has 0 aliphatic rings. The maximum atomic E-state index is 4.64. The van der Waals surface area contributed by atoms with E-state index in [1.165, 1.54) is 54.6 Å². The molecule has 0 aliphatic heterocycles. The highest BCUT2D eigenvalue weighted by Gasteiger charge is 2.31. The molecule has 2 aromatic heterocycles. The molecule has 1 nitrogen and oxygen atoms in total. The van der Waals surface area contributed by atoms with Crippen molar-refractivity contribution in [3.63, 3.8) is 0 Å². The predicted octanol–water partition coefficient (Wildman–Crippen LogP) is 5.24. The van der Waals surface area contributed by atoms with Gasteiger partial charge >= 0.3 is 0 Å². The van der Waals surface area contributed by atoms with Crippen molar-refractivity contribution in [1.82, 2.24) is 4.98 Å². The number of hydrogen-bond acceptors (Lipinski definition) is 3. The number of rotatable bonds is 4. The fraction of sp³-hybridized carbons (Fsp3) is 0.240. The molecule has 4 rings (SSSR count). The summed E-state index contributed by atoms with van der Waals surface area (Å²) in [4.78, 5) is 5.93. The zero-order valence-corrected chi connectivity index (χ0v) is 19.6. The highest BCUT2D eigenvalue weighted by Crippen LogP contribution is 2.26. The van der Waals surface area contributed by atoms with Crippen molar-refractivity contribution in [2.75, 3.05) is 0 Å². The second-order valence-electron chi connectivity index (χ2n) is 8.10. The normalized spacial score (nSPS) is 11.1. The third-order valence-corrected chi connectivity index (χ3v) is 7.54. The molecule has 2 heterocycles. The molecular formula is C25H26BNS2. The van der Waals surface area contributed by atoms with Crippen LogP contribution in [0.2, 0.25) is 0 Å². The Morgan fingerprint density at radius 3 is 1.66 bits per heavy atom. The van der Waals surface area contributed by atoms with E-state index in [2.05, 4.69) is 87.6 Å². The van der Waals surface area contributed by atoms with Crippen LogP contribution in [-0.2, 0) is 0 Å². The van der Waals surface area contributed by atoms with Crippen LogP contribution in [0.15, 0.2) is 47.3 Å². The molecule has 0 amide bonds. The summed E-state index contributed by atoms with van der Waals surface area (Å²) in [6.45, 7) is 13.6. The van der Waals surface area contributed by atoms with Gasteiger partial charge in [0.15, 0.2) is 0 Å². The monoisotopic (exact) mass is 415 g/mol. The number of aromatic nitrogens is 1. The molecule has 4 aromatic rings. The molecule has 0 spiro atoms. The summed E-state index contributed by atoms with van der Waals surface area (Å²) in [5, 5.41) is 5.40. The van der Waals surface area contributed by atoms with Gasteiger partial charge in [-0.2, -0.15) is 0 Å². The van der Waals surface area contributed by atoms with E-state index in [9.17, 15) is 0 Å². The molecular weight excluding hydrogens is 389 g/mol. The summed E-state index contributed by atoms with van der Waals surface area (Å²) in [6.07, 6.45) is 1.91. The van der Waals surface area contributed by atoms with Gasteiger partial charge in [-0.15, -0.1) is 22.7 Å². The lowest BCUT2D eigenvalue weighted by Gasteiger charge is -2.24.